The highest BCUT2D eigenvalue weighted by Gasteiger charge is 2.39. The van der Waals surface area contributed by atoms with E-state index in [2.05, 4.69) is 5.32 Å². The summed E-state index contributed by atoms with van der Waals surface area (Å²) in [5.74, 6) is -1.09. The fourth-order valence-electron chi connectivity index (χ4n) is 2.61. The molecule has 6 nitrogen and oxygen atoms in total. The van der Waals surface area contributed by atoms with Crippen LogP contribution in [-0.2, 0) is 4.79 Å². The number of hydrogen-bond donors (Lipinski definition) is 3. The molecule has 0 spiro atoms. The second-order valence-corrected chi connectivity index (χ2v) is 5.22. The lowest BCUT2D eigenvalue weighted by atomic mass is 10.1. The van der Waals surface area contributed by atoms with E-state index >= 15 is 0 Å². The Bertz CT molecular complexity index is 506. The van der Waals surface area contributed by atoms with Crippen LogP contribution < -0.4 is 5.32 Å². The van der Waals surface area contributed by atoms with Crippen LogP contribution in [-0.4, -0.2) is 45.8 Å². The number of urea groups is 1. The summed E-state index contributed by atoms with van der Waals surface area (Å²) >= 11 is 0. The summed E-state index contributed by atoms with van der Waals surface area (Å²) in [4.78, 5) is 24.6. The summed E-state index contributed by atoms with van der Waals surface area (Å²) < 4.78 is 0. The number of amides is 2. The van der Waals surface area contributed by atoms with Crippen molar-refractivity contribution in [1.29, 1.82) is 0 Å². The third kappa shape index (κ3) is 3.52. The Kier molecular flexibility index (Phi) is 4.80. The number of β-amino-alcohol motifs (C(OH)–C–C–N with tert-alkyl or cyclic N) is 1. The van der Waals surface area contributed by atoms with Crippen LogP contribution in [0.5, 0.6) is 0 Å². The Hall–Kier alpha value is -2.08. The molecule has 1 aromatic carbocycles. The number of carboxylic acids is 1. The molecule has 1 heterocycles. The number of carbonyl (C=O) groups excluding carboxylic acids is 1. The topological polar surface area (TPSA) is 89.9 Å². The van der Waals surface area contributed by atoms with E-state index in [0.717, 1.165) is 5.56 Å². The van der Waals surface area contributed by atoms with Crippen molar-refractivity contribution in [2.45, 2.75) is 38.0 Å². The largest absolute Gasteiger partial charge is 0.480 e. The number of carbonyl (C=O) groups is 2. The number of benzene rings is 1. The minimum Gasteiger partial charge on any atom is -0.480 e. The third-order valence-electron chi connectivity index (χ3n) is 3.73. The molecule has 1 saturated heterocycles. The van der Waals surface area contributed by atoms with Gasteiger partial charge in [0.25, 0.3) is 0 Å². The summed E-state index contributed by atoms with van der Waals surface area (Å²) in [6, 6.07) is 7.93. The Labute approximate surface area is 123 Å². The van der Waals surface area contributed by atoms with Crippen molar-refractivity contribution in [1.82, 2.24) is 10.2 Å². The number of rotatable bonds is 4. The molecule has 1 aliphatic heterocycles. The van der Waals surface area contributed by atoms with Crippen LogP contribution in [0.2, 0.25) is 0 Å². The average molecular weight is 292 g/mol. The summed E-state index contributed by atoms with van der Waals surface area (Å²) in [7, 11) is 0. The van der Waals surface area contributed by atoms with E-state index in [9.17, 15) is 14.7 Å². The number of aliphatic carboxylic acids is 1. The van der Waals surface area contributed by atoms with Gasteiger partial charge in [-0.05, 0) is 12.0 Å². The maximum absolute atomic E-state index is 12.3. The smallest absolute Gasteiger partial charge is 0.326 e. The van der Waals surface area contributed by atoms with E-state index in [-0.39, 0.29) is 19.0 Å². The molecule has 3 atom stereocenters. The molecule has 0 aliphatic carbocycles. The fraction of sp³-hybridized carbons (Fsp3) is 0.467. The number of hydrogen-bond acceptors (Lipinski definition) is 3. The van der Waals surface area contributed by atoms with E-state index < -0.39 is 24.1 Å². The molecule has 6 heteroatoms. The molecule has 2 rings (SSSR count). The molecule has 0 radical (unpaired) electrons. The van der Waals surface area contributed by atoms with Crippen LogP contribution in [0.15, 0.2) is 30.3 Å². The summed E-state index contributed by atoms with van der Waals surface area (Å²) in [6.07, 6.45) is -0.0111. The lowest BCUT2D eigenvalue weighted by molar-refractivity contribution is -0.141. The second-order valence-electron chi connectivity index (χ2n) is 5.22. The van der Waals surface area contributed by atoms with Crippen LogP contribution in [0.4, 0.5) is 4.79 Å². The number of nitrogens with one attached hydrogen (secondary N) is 1. The highest BCUT2D eigenvalue weighted by molar-refractivity contribution is 5.83. The van der Waals surface area contributed by atoms with Crippen LogP contribution in [0.25, 0.3) is 0 Å². The molecule has 3 N–H and O–H groups in total. The zero-order valence-corrected chi connectivity index (χ0v) is 11.9. The van der Waals surface area contributed by atoms with Crippen LogP contribution in [0, 0.1) is 0 Å². The molecule has 0 bridgehead atoms. The van der Waals surface area contributed by atoms with Gasteiger partial charge < -0.3 is 20.4 Å². The first-order valence-electron chi connectivity index (χ1n) is 7.05. The predicted octanol–water partition coefficient (Wildman–Crippen LogP) is 1.37. The zero-order valence-electron chi connectivity index (χ0n) is 11.9. The van der Waals surface area contributed by atoms with Crippen molar-refractivity contribution in [3.8, 4) is 0 Å². The third-order valence-corrected chi connectivity index (χ3v) is 3.73. The van der Waals surface area contributed by atoms with Gasteiger partial charge in [0.05, 0.1) is 12.1 Å². The van der Waals surface area contributed by atoms with Gasteiger partial charge in [0, 0.05) is 13.0 Å². The monoisotopic (exact) mass is 292 g/mol. The van der Waals surface area contributed by atoms with Crippen molar-refractivity contribution < 1.29 is 19.8 Å². The number of likely N-dealkylation sites (tertiary alicyclic amines) is 1. The van der Waals surface area contributed by atoms with Gasteiger partial charge in [0.2, 0.25) is 0 Å². The molecular weight excluding hydrogens is 272 g/mol. The van der Waals surface area contributed by atoms with Gasteiger partial charge in [-0.1, -0.05) is 37.3 Å². The first kappa shape index (κ1) is 15.3. The molecular formula is C15H20N2O4. The predicted molar refractivity (Wildman–Crippen MR) is 76.8 cm³/mol. The van der Waals surface area contributed by atoms with Gasteiger partial charge in [0.15, 0.2) is 0 Å². The number of aliphatic hydroxyl groups is 1. The molecule has 1 aromatic rings. The van der Waals surface area contributed by atoms with Crippen molar-refractivity contribution in [2.75, 3.05) is 6.54 Å². The fourth-order valence-corrected chi connectivity index (χ4v) is 2.61. The molecule has 0 saturated carbocycles. The lowest BCUT2D eigenvalue weighted by Crippen LogP contribution is -2.47. The molecule has 0 aromatic heterocycles. The van der Waals surface area contributed by atoms with Gasteiger partial charge in [0.1, 0.15) is 6.04 Å². The van der Waals surface area contributed by atoms with E-state index in [1.165, 1.54) is 4.90 Å². The number of nitrogens with zero attached hydrogens (tertiary/aromatic N) is 1. The van der Waals surface area contributed by atoms with E-state index in [1.54, 1.807) is 0 Å². The maximum Gasteiger partial charge on any atom is 0.326 e. The molecule has 1 fully saturated rings. The summed E-state index contributed by atoms with van der Waals surface area (Å²) in [5, 5.41) is 21.6. The van der Waals surface area contributed by atoms with E-state index in [1.807, 2.05) is 37.3 Å². The minimum absolute atomic E-state index is 0.0496. The molecule has 1 aliphatic rings. The standard InChI is InChI=1S/C15H20N2O4/c1-2-12(10-6-4-3-5-7-10)16-15(21)17-9-11(18)8-13(17)14(19)20/h3-7,11-13,18H,2,8-9H2,1H3,(H,16,21)(H,19,20)/t11-,12?,13+/m1/s1. The van der Waals surface area contributed by atoms with Gasteiger partial charge >= 0.3 is 12.0 Å². The highest BCUT2D eigenvalue weighted by atomic mass is 16.4. The van der Waals surface area contributed by atoms with Crippen molar-refractivity contribution in [3.63, 3.8) is 0 Å². The highest BCUT2D eigenvalue weighted by Crippen LogP contribution is 2.21. The van der Waals surface area contributed by atoms with E-state index in [0.29, 0.717) is 6.42 Å². The van der Waals surface area contributed by atoms with Gasteiger partial charge in [-0.15, -0.1) is 0 Å². The Morgan fingerprint density at radius 1 is 1.38 bits per heavy atom. The number of carboxylic acid groups (broad SMARTS) is 1. The quantitative estimate of drug-likeness (QED) is 0.781. The Morgan fingerprint density at radius 3 is 2.62 bits per heavy atom. The first-order valence-corrected chi connectivity index (χ1v) is 7.05. The van der Waals surface area contributed by atoms with Gasteiger partial charge in [-0.25, -0.2) is 9.59 Å². The molecule has 1 unspecified atom stereocenters. The van der Waals surface area contributed by atoms with Crippen molar-refractivity contribution >= 4 is 12.0 Å². The van der Waals surface area contributed by atoms with Gasteiger partial charge in [-0.3, -0.25) is 0 Å². The molecule has 21 heavy (non-hydrogen) atoms. The molecule has 114 valence electrons. The van der Waals surface area contributed by atoms with E-state index in [4.69, 9.17) is 5.11 Å². The zero-order chi connectivity index (χ0) is 15.4. The Balaban J connectivity index is 2.07. The molecule has 2 amide bonds. The minimum atomic E-state index is -1.09. The number of aliphatic hydroxyl groups excluding tert-OH is 1. The normalized spacial score (nSPS) is 22.9. The first-order chi connectivity index (χ1) is 10.0. The second kappa shape index (κ2) is 6.58. The lowest BCUT2D eigenvalue weighted by Gasteiger charge is -2.25. The van der Waals surface area contributed by atoms with Crippen LogP contribution in [0.3, 0.4) is 0 Å². The van der Waals surface area contributed by atoms with Gasteiger partial charge in [-0.2, -0.15) is 0 Å². The van der Waals surface area contributed by atoms with Crippen LogP contribution >= 0.6 is 0 Å². The SMILES string of the molecule is CCC(NC(=O)N1C[C@H](O)C[C@H]1C(=O)O)c1ccccc1. The Morgan fingerprint density at radius 2 is 2.05 bits per heavy atom. The van der Waals surface area contributed by atoms with Crippen LogP contribution in [0.1, 0.15) is 31.4 Å². The van der Waals surface area contributed by atoms with Crippen molar-refractivity contribution in [3.05, 3.63) is 35.9 Å². The summed E-state index contributed by atoms with van der Waals surface area (Å²) in [6.45, 7) is 2.00. The maximum atomic E-state index is 12.3. The average Bonchev–Trinajstić information content (AvgIpc) is 2.88. The summed E-state index contributed by atoms with van der Waals surface area (Å²) in [5.41, 5.74) is 0.972. The van der Waals surface area contributed by atoms with Crippen molar-refractivity contribution in [2.24, 2.45) is 0 Å².